The quantitative estimate of drug-likeness (QED) is 0.459. The van der Waals surface area contributed by atoms with Gasteiger partial charge in [-0.2, -0.15) is 0 Å². The van der Waals surface area contributed by atoms with Crippen molar-refractivity contribution in [2.24, 2.45) is 0 Å². The number of hydrogen-bond acceptors (Lipinski definition) is 6. The van der Waals surface area contributed by atoms with Gasteiger partial charge in [0.1, 0.15) is 17.3 Å². The fourth-order valence-corrected chi connectivity index (χ4v) is 3.37. The second kappa shape index (κ2) is 8.55. The smallest absolute Gasteiger partial charge is 0.277 e. The van der Waals surface area contributed by atoms with E-state index in [1.807, 2.05) is 18.2 Å². The summed E-state index contributed by atoms with van der Waals surface area (Å²) >= 11 is 4.87. The molecule has 0 spiro atoms. The minimum Gasteiger partial charge on any atom is -0.496 e. The van der Waals surface area contributed by atoms with Crippen molar-refractivity contribution in [1.29, 1.82) is 0 Å². The Morgan fingerprint density at radius 1 is 1.19 bits per heavy atom. The van der Waals surface area contributed by atoms with Crippen molar-refractivity contribution in [2.45, 2.75) is 24.0 Å². The topological polar surface area (TPSA) is 57.4 Å². The van der Waals surface area contributed by atoms with Crippen LogP contribution >= 0.6 is 27.7 Å². The van der Waals surface area contributed by atoms with Crippen molar-refractivity contribution < 1.29 is 18.3 Å². The molecule has 0 saturated carbocycles. The molecule has 0 aliphatic carbocycles. The molecule has 0 fully saturated rings. The van der Waals surface area contributed by atoms with Gasteiger partial charge in [-0.05, 0) is 49.4 Å². The van der Waals surface area contributed by atoms with Crippen LogP contribution in [-0.4, -0.2) is 17.3 Å². The second-order valence-electron chi connectivity index (χ2n) is 5.37. The Kier molecular flexibility index (Phi) is 6.16. The molecule has 3 rings (SSSR count). The summed E-state index contributed by atoms with van der Waals surface area (Å²) in [5.74, 6) is 2.00. The zero-order valence-corrected chi connectivity index (χ0v) is 16.5. The Labute approximate surface area is 163 Å². The Morgan fingerprint density at radius 2 is 1.96 bits per heavy atom. The first-order chi connectivity index (χ1) is 12.5. The molecule has 3 aromatic rings. The van der Waals surface area contributed by atoms with Gasteiger partial charge < -0.3 is 13.9 Å². The molecular weight excluding hydrogens is 423 g/mol. The van der Waals surface area contributed by atoms with E-state index in [1.165, 1.54) is 23.9 Å². The molecule has 1 unspecified atom stereocenters. The zero-order chi connectivity index (χ0) is 18.5. The molecule has 2 aromatic carbocycles. The maximum Gasteiger partial charge on any atom is 0.277 e. The summed E-state index contributed by atoms with van der Waals surface area (Å²) in [4.78, 5) is 0. The molecule has 0 bridgehead atoms. The zero-order valence-electron chi connectivity index (χ0n) is 14.1. The van der Waals surface area contributed by atoms with E-state index in [0.717, 1.165) is 15.8 Å². The van der Waals surface area contributed by atoms with Crippen LogP contribution in [0, 0.1) is 5.82 Å². The lowest BCUT2D eigenvalue weighted by molar-refractivity contribution is 0.181. The lowest BCUT2D eigenvalue weighted by Gasteiger charge is -2.10. The third-order valence-corrected chi connectivity index (χ3v) is 4.85. The first-order valence-corrected chi connectivity index (χ1v) is 9.54. The number of methoxy groups -OCH3 is 1. The minimum absolute atomic E-state index is 0.315. The molecule has 0 saturated heterocycles. The van der Waals surface area contributed by atoms with Crippen molar-refractivity contribution >= 4 is 27.7 Å². The van der Waals surface area contributed by atoms with E-state index < -0.39 is 6.10 Å². The lowest BCUT2D eigenvalue weighted by Crippen LogP contribution is -2.03. The van der Waals surface area contributed by atoms with Gasteiger partial charge in [-0.25, -0.2) is 4.39 Å². The van der Waals surface area contributed by atoms with E-state index in [1.54, 1.807) is 26.2 Å². The fourth-order valence-electron chi connectivity index (χ4n) is 2.21. The molecule has 136 valence electrons. The average Bonchev–Trinajstić information content (AvgIpc) is 3.11. The predicted molar refractivity (Wildman–Crippen MR) is 100.0 cm³/mol. The number of nitrogens with zero attached hydrogens (tertiary/aromatic N) is 2. The highest BCUT2D eigenvalue weighted by Crippen LogP contribution is 2.30. The average molecular weight is 439 g/mol. The van der Waals surface area contributed by atoms with Gasteiger partial charge >= 0.3 is 0 Å². The summed E-state index contributed by atoms with van der Waals surface area (Å²) in [7, 11) is 1.64. The van der Waals surface area contributed by atoms with Crippen molar-refractivity contribution in [3.05, 3.63) is 64.2 Å². The number of rotatable bonds is 7. The third kappa shape index (κ3) is 4.76. The summed E-state index contributed by atoms with van der Waals surface area (Å²) in [5, 5.41) is 8.51. The molecule has 0 aliphatic heterocycles. The Hall–Kier alpha value is -2.06. The molecule has 26 heavy (non-hydrogen) atoms. The van der Waals surface area contributed by atoms with Crippen LogP contribution in [0.3, 0.4) is 0 Å². The van der Waals surface area contributed by atoms with Crippen molar-refractivity contribution in [3.8, 4) is 11.5 Å². The molecule has 0 radical (unpaired) electrons. The number of aromatic nitrogens is 2. The molecule has 0 N–H and O–H groups in total. The number of thioether (sulfide) groups is 1. The maximum absolute atomic E-state index is 12.9. The maximum atomic E-state index is 12.9. The van der Waals surface area contributed by atoms with Crippen molar-refractivity contribution in [1.82, 2.24) is 10.2 Å². The minimum atomic E-state index is -0.442. The van der Waals surface area contributed by atoms with Gasteiger partial charge in [0.2, 0.25) is 0 Å². The van der Waals surface area contributed by atoms with Crippen LogP contribution in [0.5, 0.6) is 11.5 Å². The lowest BCUT2D eigenvalue weighted by atomic mass is 10.2. The monoisotopic (exact) mass is 438 g/mol. The van der Waals surface area contributed by atoms with Crippen LogP contribution in [-0.2, 0) is 5.75 Å². The van der Waals surface area contributed by atoms with Crippen LogP contribution in [0.25, 0.3) is 0 Å². The number of ether oxygens (including phenoxy) is 2. The van der Waals surface area contributed by atoms with Gasteiger partial charge in [0.25, 0.3) is 11.1 Å². The van der Waals surface area contributed by atoms with Crippen LogP contribution in [0.4, 0.5) is 4.39 Å². The van der Waals surface area contributed by atoms with Crippen molar-refractivity contribution in [2.75, 3.05) is 7.11 Å². The SMILES string of the molecule is COc1ccc(Br)cc1CSc1nnc(C(C)Oc2ccc(F)cc2)o1. The Balaban J connectivity index is 1.62. The summed E-state index contributed by atoms with van der Waals surface area (Å²) in [6.45, 7) is 1.79. The first kappa shape index (κ1) is 18.7. The second-order valence-corrected chi connectivity index (χ2v) is 7.21. The number of halogens is 2. The number of hydrogen-bond donors (Lipinski definition) is 0. The fraction of sp³-hybridized carbons (Fsp3) is 0.222. The highest BCUT2D eigenvalue weighted by Gasteiger charge is 2.16. The van der Waals surface area contributed by atoms with Crippen LogP contribution < -0.4 is 9.47 Å². The summed E-state index contributed by atoms with van der Waals surface area (Å²) in [5.41, 5.74) is 1.02. The van der Waals surface area contributed by atoms with Gasteiger partial charge in [0.05, 0.1) is 7.11 Å². The summed E-state index contributed by atoms with van der Waals surface area (Å²) in [6.07, 6.45) is -0.442. The number of benzene rings is 2. The summed E-state index contributed by atoms with van der Waals surface area (Å²) in [6, 6.07) is 11.6. The molecular formula is C18H16BrFN2O3S. The van der Waals surface area contributed by atoms with Gasteiger partial charge in [-0.15, -0.1) is 10.2 Å². The molecule has 0 amide bonds. The largest absolute Gasteiger partial charge is 0.496 e. The highest BCUT2D eigenvalue weighted by atomic mass is 79.9. The van der Waals surface area contributed by atoms with E-state index in [2.05, 4.69) is 26.1 Å². The Bertz CT molecular complexity index is 873. The van der Waals surface area contributed by atoms with Crippen LogP contribution in [0.1, 0.15) is 24.5 Å². The van der Waals surface area contributed by atoms with E-state index in [-0.39, 0.29) is 5.82 Å². The van der Waals surface area contributed by atoms with E-state index in [0.29, 0.717) is 22.6 Å². The summed E-state index contributed by atoms with van der Waals surface area (Å²) < 4.78 is 30.6. The molecule has 8 heteroatoms. The first-order valence-electron chi connectivity index (χ1n) is 7.76. The van der Waals surface area contributed by atoms with Crippen molar-refractivity contribution in [3.63, 3.8) is 0 Å². The highest BCUT2D eigenvalue weighted by molar-refractivity contribution is 9.10. The molecule has 1 heterocycles. The van der Waals surface area contributed by atoms with Gasteiger partial charge in [0.15, 0.2) is 6.10 Å². The van der Waals surface area contributed by atoms with Gasteiger partial charge in [-0.3, -0.25) is 0 Å². The standard InChI is InChI=1S/C18H16BrFN2O3S/c1-11(24-15-6-4-14(20)5-7-15)17-21-22-18(25-17)26-10-12-9-13(19)3-8-16(12)23-2/h3-9,11H,10H2,1-2H3. The van der Waals surface area contributed by atoms with Gasteiger partial charge in [-0.1, -0.05) is 27.7 Å². The molecule has 5 nitrogen and oxygen atoms in total. The molecule has 1 atom stereocenters. The van der Waals surface area contributed by atoms with E-state index in [9.17, 15) is 4.39 Å². The normalized spacial score (nSPS) is 12.0. The predicted octanol–water partition coefficient (Wildman–Crippen LogP) is 5.41. The van der Waals surface area contributed by atoms with Gasteiger partial charge in [0, 0.05) is 15.8 Å². The van der Waals surface area contributed by atoms with E-state index in [4.69, 9.17) is 13.9 Å². The third-order valence-electron chi connectivity index (χ3n) is 3.49. The molecule has 1 aromatic heterocycles. The Morgan fingerprint density at radius 3 is 2.69 bits per heavy atom. The van der Waals surface area contributed by atoms with E-state index >= 15 is 0 Å². The van der Waals surface area contributed by atoms with Crippen LogP contribution in [0.15, 0.2) is 56.6 Å². The van der Waals surface area contributed by atoms with Crippen LogP contribution in [0.2, 0.25) is 0 Å². The molecule has 0 aliphatic rings.